The SMILES string of the molecule is CC[C@@H](CC(=O)Nc1ccc(C(=O)O)cc1C)NC(=O)OCC1c2ccccc2-c2ccccc21. The molecule has 0 spiro atoms. The fourth-order valence-electron chi connectivity index (χ4n) is 4.47. The Balaban J connectivity index is 1.33. The van der Waals surface area contributed by atoms with Crippen molar-refractivity contribution in [3.8, 4) is 11.1 Å². The van der Waals surface area contributed by atoms with Gasteiger partial charge in [0.25, 0.3) is 0 Å². The molecule has 0 fully saturated rings. The predicted molar refractivity (Wildman–Crippen MR) is 134 cm³/mol. The van der Waals surface area contributed by atoms with Crippen LogP contribution in [0, 0.1) is 6.92 Å². The number of carboxylic acid groups (broad SMARTS) is 1. The molecular weight excluding hydrogens is 444 g/mol. The van der Waals surface area contributed by atoms with E-state index in [1.54, 1.807) is 13.0 Å². The van der Waals surface area contributed by atoms with Crippen LogP contribution in [0.4, 0.5) is 10.5 Å². The van der Waals surface area contributed by atoms with Crippen LogP contribution in [0.1, 0.15) is 52.7 Å². The zero-order valence-electron chi connectivity index (χ0n) is 19.7. The van der Waals surface area contributed by atoms with Crippen molar-refractivity contribution in [3.05, 3.63) is 89.0 Å². The number of aryl methyl sites for hydroxylation is 1. The summed E-state index contributed by atoms with van der Waals surface area (Å²) in [6, 6.07) is 20.4. The second-order valence-corrected chi connectivity index (χ2v) is 8.66. The van der Waals surface area contributed by atoms with Gasteiger partial charge < -0.3 is 20.5 Å². The number of carboxylic acids is 1. The predicted octanol–water partition coefficient (Wildman–Crippen LogP) is 5.34. The topological polar surface area (TPSA) is 105 Å². The molecule has 35 heavy (non-hydrogen) atoms. The largest absolute Gasteiger partial charge is 0.478 e. The maximum Gasteiger partial charge on any atom is 0.407 e. The lowest BCUT2D eigenvalue weighted by atomic mass is 9.98. The highest BCUT2D eigenvalue weighted by atomic mass is 16.5. The van der Waals surface area contributed by atoms with Crippen molar-refractivity contribution in [1.29, 1.82) is 0 Å². The standard InChI is InChI=1S/C28H28N2O5/c1-3-19(15-26(31)30-25-13-12-18(27(32)33)14-17(25)2)29-28(34)35-16-24-22-10-6-4-8-20(22)21-9-5-7-11-23(21)24/h4-14,19,24H,3,15-16H2,1-2H3,(H,29,34)(H,30,31)(H,32,33)/t19-/m0/s1. The fourth-order valence-corrected chi connectivity index (χ4v) is 4.47. The van der Waals surface area contributed by atoms with Crippen LogP contribution in [0.5, 0.6) is 0 Å². The number of anilines is 1. The van der Waals surface area contributed by atoms with E-state index in [-0.39, 0.29) is 30.4 Å². The third kappa shape index (κ3) is 5.35. The quantitative estimate of drug-likeness (QED) is 0.411. The van der Waals surface area contributed by atoms with Crippen molar-refractivity contribution in [2.75, 3.05) is 11.9 Å². The second-order valence-electron chi connectivity index (χ2n) is 8.66. The number of carbonyl (C=O) groups excluding carboxylic acids is 2. The van der Waals surface area contributed by atoms with Gasteiger partial charge in [0.1, 0.15) is 6.61 Å². The molecule has 0 bridgehead atoms. The van der Waals surface area contributed by atoms with Crippen molar-refractivity contribution in [1.82, 2.24) is 5.32 Å². The summed E-state index contributed by atoms with van der Waals surface area (Å²) in [4.78, 5) is 36.2. The van der Waals surface area contributed by atoms with E-state index in [0.29, 0.717) is 17.7 Å². The Morgan fingerprint density at radius 1 is 0.971 bits per heavy atom. The zero-order chi connectivity index (χ0) is 24.9. The summed E-state index contributed by atoms with van der Waals surface area (Å²) in [7, 11) is 0. The average molecular weight is 473 g/mol. The van der Waals surface area contributed by atoms with E-state index in [2.05, 4.69) is 34.9 Å². The molecule has 2 amide bonds. The van der Waals surface area contributed by atoms with E-state index < -0.39 is 18.1 Å². The molecule has 1 atom stereocenters. The maximum absolute atomic E-state index is 12.6. The van der Waals surface area contributed by atoms with Gasteiger partial charge in [-0.15, -0.1) is 0 Å². The van der Waals surface area contributed by atoms with Crippen LogP contribution in [0.15, 0.2) is 66.7 Å². The van der Waals surface area contributed by atoms with Crippen LogP contribution >= 0.6 is 0 Å². The normalized spacial score (nSPS) is 12.9. The van der Waals surface area contributed by atoms with Gasteiger partial charge in [0.05, 0.1) is 5.56 Å². The number of alkyl carbamates (subject to hydrolysis) is 1. The molecule has 7 heteroatoms. The summed E-state index contributed by atoms with van der Waals surface area (Å²) in [6.07, 6.45) is 0.0588. The summed E-state index contributed by atoms with van der Waals surface area (Å²) < 4.78 is 5.59. The van der Waals surface area contributed by atoms with Gasteiger partial charge in [-0.05, 0) is 59.4 Å². The van der Waals surface area contributed by atoms with Crippen LogP contribution in [0.25, 0.3) is 11.1 Å². The molecule has 180 valence electrons. The van der Waals surface area contributed by atoms with Crippen molar-refractivity contribution >= 4 is 23.7 Å². The molecule has 3 N–H and O–H groups in total. The van der Waals surface area contributed by atoms with Gasteiger partial charge in [-0.25, -0.2) is 9.59 Å². The van der Waals surface area contributed by atoms with E-state index in [1.807, 2.05) is 31.2 Å². The van der Waals surface area contributed by atoms with Crippen molar-refractivity contribution < 1.29 is 24.2 Å². The van der Waals surface area contributed by atoms with Gasteiger partial charge in [-0.1, -0.05) is 55.5 Å². The highest BCUT2D eigenvalue weighted by molar-refractivity contribution is 5.94. The summed E-state index contributed by atoms with van der Waals surface area (Å²) in [6.45, 7) is 3.82. The number of hydrogen-bond acceptors (Lipinski definition) is 4. The molecule has 3 aromatic rings. The maximum atomic E-state index is 12.6. The van der Waals surface area contributed by atoms with Crippen LogP contribution in [-0.2, 0) is 9.53 Å². The molecule has 0 saturated carbocycles. The molecule has 4 rings (SSSR count). The number of nitrogens with one attached hydrogen (secondary N) is 2. The molecule has 0 aliphatic heterocycles. The Morgan fingerprint density at radius 2 is 1.60 bits per heavy atom. The number of hydrogen-bond donors (Lipinski definition) is 3. The Bertz CT molecular complexity index is 1220. The minimum atomic E-state index is -1.02. The minimum Gasteiger partial charge on any atom is -0.478 e. The first-order valence-corrected chi connectivity index (χ1v) is 11.6. The lowest BCUT2D eigenvalue weighted by molar-refractivity contribution is -0.116. The minimum absolute atomic E-state index is 0.0340. The van der Waals surface area contributed by atoms with Crippen molar-refractivity contribution in [2.45, 2.75) is 38.6 Å². The lowest BCUT2D eigenvalue weighted by Crippen LogP contribution is -2.38. The highest BCUT2D eigenvalue weighted by Gasteiger charge is 2.29. The zero-order valence-corrected chi connectivity index (χ0v) is 19.7. The molecule has 1 aliphatic carbocycles. The molecule has 0 saturated heterocycles. The van der Waals surface area contributed by atoms with Gasteiger partial charge in [0.2, 0.25) is 5.91 Å². The number of fused-ring (bicyclic) bond motifs is 3. The molecule has 7 nitrogen and oxygen atoms in total. The molecule has 3 aromatic carbocycles. The Morgan fingerprint density at radius 3 is 2.17 bits per heavy atom. The Labute approximate surface area is 204 Å². The first kappa shape index (κ1) is 24.0. The Hall–Kier alpha value is -4.13. The first-order valence-electron chi connectivity index (χ1n) is 11.6. The van der Waals surface area contributed by atoms with Gasteiger partial charge in [-0.3, -0.25) is 4.79 Å². The van der Waals surface area contributed by atoms with Crippen LogP contribution in [0.3, 0.4) is 0 Å². The molecule has 0 radical (unpaired) electrons. The molecule has 0 heterocycles. The van der Waals surface area contributed by atoms with Crippen molar-refractivity contribution in [3.63, 3.8) is 0 Å². The highest BCUT2D eigenvalue weighted by Crippen LogP contribution is 2.44. The van der Waals surface area contributed by atoms with Gasteiger partial charge in [0.15, 0.2) is 0 Å². The summed E-state index contributed by atoms with van der Waals surface area (Å²) in [5, 5.41) is 14.7. The number of amides is 2. The Kier molecular flexibility index (Phi) is 7.15. The second kappa shape index (κ2) is 10.4. The summed E-state index contributed by atoms with van der Waals surface area (Å²) >= 11 is 0. The third-order valence-electron chi connectivity index (χ3n) is 6.34. The third-order valence-corrected chi connectivity index (χ3v) is 6.34. The summed E-state index contributed by atoms with van der Waals surface area (Å²) in [5.74, 6) is -1.33. The van der Waals surface area contributed by atoms with Crippen LogP contribution in [0.2, 0.25) is 0 Å². The number of carbonyl (C=O) groups is 3. The molecule has 1 aliphatic rings. The van der Waals surface area contributed by atoms with Gasteiger partial charge in [0, 0.05) is 24.1 Å². The van der Waals surface area contributed by atoms with Crippen molar-refractivity contribution in [2.24, 2.45) is 0 Å². The molecule has 0 aromatic heterocycles. The van der Waals surface area contributed by atoms with E-state index in [4.69, 9.17) is 9.84 Å². The van der Waals surface area contributed by atoms with E-state index in [9.17, 15) is 14.4 Å². The number of benzene rings is 3. The van der Waals surface area contributed by atoms with Gasteiger partial charge >= 0.3 is 12.1 Å². The van der Waals surface area contributed by atoms with E-state index in [0.717, 1.165) is 22.3 Å². The number of rotatable bonds is 8. The number of ether oxygens (including phenoxy) is 1. The molecular formula is C28H28N2O5. The average Bonchev–Trinajstić information content (AvgIpc) is 3.17. The summed E-state index contributed by atoms with van der Waals surface area (Å²) in [5.41, 5.74) is 5.93. The van der Waals surface area contributed by atoms with Crippen LogP contribution in [-0.4, -0.2) is 35.7 Å². The van der Waals surface area contributed by atoms with E-state index in [1.165, 1.54) is 12.1 Å². The molecule has 0 unspecified atom stereocenters. The monoisotopic (exact) mass is 472 g/mol. The smallest absolute Gasteiger partial charge is 0.407 e. The van der Waals surface area contributed by atoms with Gasteiger partial charge in [-0.2, -0.15) is 0 Å². The lowest BCUT2D eigenvalue weighted by Gasteiger charge is -2.19. The number of aromatic carboxylic acids is 1. The van der Waals surface area contributed by atoms with Crippen LogP contribution < -0.4 is 10.6 Å². The van der Waals surface area contributed by atoms with E-state index >= 15 is 0 Å². The first-order chi connectivity index (χ1) is 16.9. The fraction of sp³-hybridized carbons (Fsp3) is 0.250.